The second kappa shape index (κ2) is 6.51. The summed E-state index contributed by atoms with van der Waals surface area (Å²) in [5, 5.41) is 7.15. The summed E-state index contributed by atoms with van der Waals surface area (Å²) in [7, 11) is 0. The molecule has 0 atom stereocenters. The molecule has 128 valence electrons. The molecule has 3 aromatic rings. The molecule has 1 amide bonds. The van der Waals surface area contributed by atoms with Crippen LogP contribution in [0.5, 0.6) is 0 Å². The van der Waals surface area contributed by atoms with Crippen molar-refractivity contribution in [3.05, 3.63) is 59.7 Å². The van der Waals surface area contributed by atoms with Gasteiger partial charge in [0.15, 0.2) is 5.65 Å². The Morgan fingerprint density at radius 1 is 1.16 bits per heavy atom. The Kier molecular flexibility index (Phi) is 4.05. The van der Waals surface area contributed by atoms with Crippen LogP contribution < -0.4 is 10.2 Å². The number of hydrogen-bond donors (Lipinski definition) is 1. The monoisotopic (exact) mass is 339 g/mol. The zero-order valence-electron chi connectivity index (χ0n) is 13.7. The van der Waals surface area contributed by atoms with Crippen LogP contribution >= 0.6 is 0 Å². The van der Waals surface area contributed by atoms with Crippen LogP contribution in [0, 0.1) is 5.82 Å². The van der Waals surface area contributed by atoms with Gasteiger partial charge in [0.1, 0.15) is 17.3 Å². The molecule has 0 radical (unpaired) electrons. The first-order valence-electron chi connectivity index (χ1n) is 8.33. The van der Waals surface area contributed by atoms with Crippen LogP contribution in [0.25, 0.3) is 5.65 Å². The van der Waals surface area contributed by atoms with Crippen molar-refractivity contribution in [3.8, 4) is 0 Å². The van der Waals surface area contributed by atoms with E-state index in [9.17, 15) is 9.18 Å². The average Bonchev–Trinajstić information content (AvgIpc) is 3.31. The number of aromatic nitrogens is 3. The number of halogens is 1. The normalized spacial score (nSPS) is 14.2. The fourth-order valence-electron chi connectivity index (χ4n) is 3.06. The summed E-state index contributed by atoms with van der Waals surface area (Å²) in [6.45, 7) is 2.23. The van der Waals surface area contributed by atoms with Crippen LogP contribution in [0.2, 0.25) is 0 Å². The zero-order chi connectivity index (χ0) is 17.2. The fourth-order valence-corrected chi connectivity index (χ4v) is 3.06. The molecular formula is C18H18FN5O. The van der Waals surface area contributed by atoms with Crippen molar-refractivity contribution in [2.45, 2.75) is 19.4 Å². The molecule has 1 aliphatic heterocycles. The van der Waals surface area contributed by atoms with Gasteiger partial charge in [-0.2, -0.15) is 9.61 Å². The number of fused-ring (bicyclic) bond motifs is 1. The van der Waals surface area contributed by atoms with Gasteiger partial charge in [-0.3, -0.25) is 4.79 Å². The number of rotatable bonds is 4. The molecule has 0 saturated carbocycles. The third kappa shape index (κ3) is 3.17. The highest BCUT2D eigenvalue weighted by Crippen LogP contribution is 2.21. The SMILES string of the molecule is O=C(NCc1ccc(F)cc1)c1cc(N2CCCC2)n2nccc2n1. The molecule has 0 aliphatic carbocycles. The van der Waals surface area contributed by atoms with Crippen LogP contribution in [-0.2, 0) is 6.54 Å². The van der Waals surface area contributed by atoms with Gasteiger partial charge in [0.25, 0.3) is 5.91 Å². The number of nitrogens with zero attached hydrogens (tertiary/aromatic N) is 4. The van der Waals surface area contributed by atoms with Crippen LogP contribution in [0.4, 0.5) is 10.2 Å². The van der Waals surface area contributed by atoms with Crippen molar-refractivity contribution in [3.63, 3.8) is 0 Å². The first-order chi connectivity index (χ1) is 12.2. The van der Waals surface area contributed by atoms with Crippen LogP contribution in [-0.4, -0.2) is 33.6 Å². The van der Waals surface area contributed by atoms with Gasteiger partial charge in [-0.05, 0) is 30.5 Å². The van der Waals surface area contributed by atoms with E-state index in [4.69, 9.17) is 0 Å². The second-order valence-electron chi connectivity index (χ2n) is 6.10. The largest absolute Gasteiger partial charge is 0.356 e. The van der Waals surface area contributed by atoms with E-state index in [1.54, 1.807) is 35.0 Å². The summed E-state index contributed by atoms with van der Waals surface area (Å²) in [6.07, 6.45) is 3.95. The molecule has 0 unspecified atom stereocenters. The van der Waals surface area contributed by atoms with E-state index < -0.39 is 0 Å². The maximum absolute atomic E-state index is 13.0. The minimum atomic E-state index is -0.293. The number of amides is 1. The van der Waals surface area contributed by atoms with E-state index in [0.717, 1.165) is 37.3 Å². The summed E-state index contributed by atoms with van der Waals surface area (Å²) < 4.78 is 14.7. The van der Waals surface area contributed by atoms with Gasteiger partial charge >= 0.3 is 0 Å². The standard InChI is InChI=1S/C18H18FN5O/c19-14-5-3-13(4-6-14)12-20-18(25)15-11-17(23-9-1-2-10-23)24-16(22-15)7-8-21-24/h3-8,11H,1-2,9-10,12H2,(H,20,25). The topological polar surface area (TPSA) is 62.5 Å². The van der Waals surface area contributed by atoms with Gasteiger partial charge in [-0.1, -0.05) is 12.1 Å². The summed E-state index contributed by atoms with van der Waals surface area (Å²) >= 11 is 0. The van der Waals surface area contributed by atoms with Gasteiger partial charge in [0.05, 0.1) is 6.20 Å². The van der Waals surface area contributed by atoms with E-state index in [-0.39, 0.29) is 11.7 Å². The lowest BCUT2D eigenvalue weighted by Gasteiger charge is -2.19. The number of nitrogens with one attached hydrogen (secondary N) is 1. The third-order valence-electron chi connectivity index (χ3n) is 4.37. The van der Waals surface area contributed by atoms with E-state index >= 15 is 0 Å². The minimum Gasteiger partial charge on any atom is -0.356 e. The van der Waals surface area contributed by atoms with Crippen LogP contribution in [0.3, 0.4) is 0 Å². The first-order valence-corrected chi connectivity index (χ1v) is 8.33. The van der Waals surface area contributed by atoms with Crippen molar-refractivity contribution >= 4 is 17.4 Å². The number of carbonyl (C=O) groups excluding carboxylic acids is 1. The van der Waals surface area contributed by atoms with E-state index in [2.05, 4.69) is 20.3 Å². The molecular weight excluding hydrogens is 321 g/mol. The van der Waals surface area contributed by atoms with Crippen molar-refractivity contribution < 1.29 is 9.18 Å². The number of benzene rings is 1. The first kappa shape index (κ1) is 15.6. The Labute approximate surface area is 144 Å². The second-order valence-corrected chi connectivity index (χ2v) is 6.10. The lowest BCUT2D eigenvalue weighted by molar-refractivity contribution is 0.0946. The van der Waals surface area contributed by atoms with Gasteiger partial charge in [-0.25, -0.2) is 9.37 Å². The molecule has 2 aromatic heterocycles. The highest BCUT2D eigenvalue weighted by molar-refractivity contribution is 5.93. The Hall–Kier alpha value is -2.96. The predicted octanol–water partition coefficient (Wildman–Crippen LogP) is 2.40. The molecule has 25 heavy (non-hydrogen) atoms. The predicted molar refractivity (Wildman–Crippen MR) is 92.0 cm³/mol. The summed E-state index contributed by atoms with van der Waals surface area (Å²) in [5.74, 6) is 0.339. The van der Waals surface area contributed by atoms with Crippen molar-refractivity contribution in [2.75, 3.05) is 18.0 Å². The summed E-state index contributed by atoms with van der Waals surface area (Å²) in [6, 6.07) is 9.63. The van der Waals surface area contributed by atoms with Gasteiger partial charge in [-0.15, -0.1) is 0 Å². The maximum Gasteiger partial charge on any atom is 0.270 e. The van der Waals surface area contributed by atoms with Crippen molar-refractivity contribution in [1.82, 2.24) is 19.9 Å². The molecule has 0 bridgehead atoms. The molecule has 7 heteroatoms. The number of carbonyl (C=O) groups is 1. The lowest BCUT2D eigenvalue weighted by atomic mass is 10.2. The molecule has 1 fully saturated rings. The van der Waals surface area contributed by atoms with Crippen molar-refractivity contribution in [2.24, 2.45) is 0 Å². The van der Waals surface area contributed by atoms with Crippen LogP contribution in [0.15, 0.2) is 42.6 Å². The molecule has 1 N–H and O–H groups in total. The van der Waals surface area contributed by atoms with Gasteiger partial charge in [0, 0.05) is 31.8 Å². The highest BCUT2D eigenvalue weighted by Gasteiger charge is 2.19. The smallest absolute Gasteiger partial charge is 0.270 e. The molecule has 1 saturated heterocycles. The molecule has 1 aliphatic rings. The quantitative estimate of drug-likeness (QED) is 0.793. The third-order valence-corrected chi connectivity index (χ3v) is 4.37. The summed E-state index contributed by atoms with van der Waals surface area (Å²) in [5.41, 5.74) is 1.84. The Morgan fingerprint density at radius 3 is 2.68 bits per heavy atom. The lowest BCUT2D eigenvalue weighted by Crippen LogP contribution is -2.26. The molecule has 0 spiro atoms. The maximum atomic E-state index is 13.0. The molecule has 3 heterocycles. The zero-order valence-corrected chi connectivity index (χ0v) is 13.7. The van der Waals surface area contributed by atoms with E-state index in [1.165, 1.54) is 12.1 Å². The van der Waals surface area contributed by atoms with Crippen LogP contribution in [0.1, 0.15) is 28.9 Å². The fraction of sp³-hybridized carbons (Fsp3) is 0.278. The Morgan fingerprint density at radius 2 is 1.92 bits per heavy atom. The Balaban J connectivity index is 1.57. The highest BCUT2D eigenvalue weighted by atomic mass is 19.1. The Bertz CT molecular complexity index is 899. The number of hydrogen-bond acceptors (Lipinski definition) is 4. The van der Waals surface area contributed by atoms with E-state index in [0.29, 0.717) is 17.9 Å². The summed E-state index contributed by atoms with van der Waals surface area (Å²) in [4.78, 5) is 19.1. The van der Waals surface area contributed by atoms with E-state index in [1.807, 2.05) is 0 Å². The van der Waals surface area contributed by atoms with Gasteiger partial charge in [0.2, 0.25) is 0 Å². The molecule has 4 rings (SSSR count). The molecule has 6 nitrogen and oxygen atoms in total. The molecule has 1 aromatic carbocycles. The average molecular weight is 339 g/mol. The minimum absolute atomic E-state index is 0.256. The number of anilines is 1. The van der Waals surface area contributed by atoms with Gasteiger partial charge < -0.3 is 10.2 Å². The van der Waals surface area contributed by atoms with Crippen molar-refractivity contribution in [1.29, 1.82) is 0 Å².